The fraction of sp³-hybridized carbons (Fsp3) is 0.565. The molecule has 2 N–H and O–H groups in total. The summed E-state index contributed by atoms with van der Waals surface area (Å²) in [6, 6.07) is 2.29. The SMILES string of the molecule is C#CN=C(NCNC/C(=C/CC)C/C=C\CC(C)(C)CC)N(N=C)C(=C)CC. The van der Waals surface area contributed by atoms with Gasteiger partial charge in [0.15, 0.2) is 0 Å². The van der Waals surface area contributed by atoms with Gasteiger partial charge in [-0.25, -0.2) is 5.01 Å². The molecule has 0 atom stereocenters. The summed E-state index contributed by atoms with van der Waals surface area (Å²) in [5.41, 5.74) is 2.50. The molecule has 0 radical (unpaired) electrons. The maximum atomic E-state index is 5.33. The lowest BCUT2D eigenvalue weighted by Gasteiger charge is -2.22. The summed E-state index contributed by atoms with van der Waals surface area (Å²) in [6.45, 7) is 19.8. The van der Waals surface area contributed by atoms with Crippen molar-refractivity contribution in [3.05, 3.63) is 36.1 Å². The maximum absolute atomic E-state index is 5.33. The maximum Gasteiger partial charge on any atom is 0.234 e. The number of aliphatic imine (C=N–C) groups is 1. The Morgan fingerprint density at radius 3 is 2.50 bits per heavy atom. The molecule has 0 saturated carbocycles. The van der Waals surface area contributed by atoms with Crippen LogP contribution in [-0.4, -0.2) is 30.9 Å². The third-order valence-electron chi connectivity index (χ3n) is 4.61. The van der Waals surface area contributed by atoms with E-state index in [4.69, 9.17) is 6.42 Å². The fourth-order valence-electron chi connectivity index (χ4n) is 2.35. The quantitative estimate of drug-likeness (QED) is 0.0890. The molecule has 0 aromatic heterocycles. The molecule has 0 rings (SSSR count). The second-order valence-electron chi connectivity index (χ2n) is 7.39. The van der Waals surface area contributed by atoms with Gasteiger partial charge in [0.1, 0.15) is 0 Å². The van der Waals surface area contributed by atoms with E-state index in [-0.39, 0.29) is 0 Å². The molecule has 0 aromatic carbocycles. The van der Waals surface area contributed by atoms with Crippen molar-refractivity contribution in [2.75, 3.05) is 13.2 Å². The van der Waals surface area contributed by atoms with Gasteiger partial charge in [-0.1, -0.05) is 77.8 Å². The molecular formula is C23H39N5. The number of guanidine groups is 1. The molecule has 0 unspecified atom stereocenters. The summed E-state index contributed by atoms with van der Waals surface area (Å²) in [6.07, 6.45) is 17.2. The Bertz CT molecular complexity index is 605. The summed E-state index contributed by atoms with van der Waals surface area (Å²) in [5, 5.41) is 12.0. The molecule has 0 aliphatic heterocycles. The van der Waals surface area contributed by atoms with E-state index in [1.54, 1.807) is 0 Å². The van der Waals surface area contributed by atoms with Crippen LogP contribution in [0.25, 0.3) is 0 Å². The molecule has 28 heavy (non-hydrogen) atoms. The highest BCUT2D eigenvalue weighted by molar-refractivity contribution is 5.82. The first-order chi connectivity index (χ1) is 13.3. The molecule has 5 nitrogen and oxygen atoms in total. The first-order valence-corrected chi connectivity index (χ1v) is 10.1. The molecule has 0 saturated heterocycles. The van der Waals surface area contributed by atoms with Gasteiger partial charge in [0, 0.05) is 25.0 Å². The lowest BCUT2D eigenvalue weighted by Crippen LogP contribution is -2.42. The van der Waals surface area contributed by atoms with Crippen molar-refractivity contribution in [2.24, 2.45) is 15.5 Å². The average molecular weight is 386 g/mol. The summed E-state index contributed by atoms with van der Waals surface area (Å²) in [5.74, 6) is 0.444. The van der Waals surface area contributed by atoms with Gasteiger partial charge < -0.3 is 5.32 Å². The van der Waals surface area contributed by atoms with E-state index >= 15 is 0 Å². The number of nitrogens with one attached hydrogen (secondary N) is 2. The van der Waals surface area contributed by atoms with Crippen LogP contribution in [0.2, 0.25) is 0 Å². The Balaban J connectivity index is 4.62. The van der Waals surface area contributed by atoms with Crippen LogP contribution in [0.3, 0.4) is 0 Å². The zero-order valence-corrected chi connectivity index (χ0v) is 18.5. The van der Waals surface area contributed by atoms with Crippen molar-refractivity contribution >= 4 is 12.7 Å². The second-order valence-corrected chi connectivity index (χ2v) is 7.39. The average Bonchev–Trinajstić information content (AvgIpc) is 2.68. The molecule has 0 aliphatic carbocycles. The lowest BCUT2D eigenvalue weighted by molar-refractivity contribution is 0.356. The first kappa shape index (κ1) is 25.7. The van der Waals surface area contributed by atoms with Crippen LogP contribution in [0.1, 0.15) is 66.7 Å². The number of hydrazone groups is 1. The lowest BCUT2D eigenvalue weighted by atomic mass is 9.86. The van der Waals surface area contributed by atoms with Crippen LogP contribution < -0.4 is 10.6 Å². The molecule has 0 spiro atoms. The van der Waals surface area contributed by atoms with Crippen LogP contribution in [0.15, 0.2) is 46.2 Å². The molecular weight excluding hydrogens is 346 g/mol. The summed E-state index contributed by atoms with van der Waals surface area (Å²) in [4.78, 5) is 4.01. The van der Waals surface area contributed by atoms with Crippen molar-refractivity contribution in [1.29, 1.82) is 0 Å². The van der Waals surface area contributed by atoms with Gasteiger partial charge in [-0.3, -0.25) is 5.32 Å². The van der Waals surface area contributed by atoms with E-state index in [1.165, 1.54) is 17.0 Å². The minimum atomic E-state index is 0.369. The standard InChI is InChI=1S/C23H39N5/c1-9-15-21(16-13-14-17-23(6,7)11-3)18-25-19-27-22(26-12-4)28(24-8)20(5)10-2/h4,13-15,25H,5,8-11,16-19H2,1-3,6-7H3,(H,26,27)/b14-13-,21-15+. The third kappa shape index (κ3) is 10.7. The Morgan fingerprint density at radius 1 is 1.25 bits per heavy atom. The number of hydrogen-bond acceptors (Lipinski definition) is 3. The van der Waals surface area contributed by atoms with E-state index in [1.807, 2.05) is 6.92 Å². The van der Waals surface area contributed by atoms with Gasteiger partial charge >= 0.3 is 0 Å². The van der Waals surface area contributed by atoms with Gasteiger partial charge in [0.25, 0.3) is 0 Å². The highest BCUT2D eigenvalue weighted by atomic mass is 15.5. The number of hydrogen-bond donors (Lipinski definition) is 2. The minimum absolute atomic E-state index is 0.369. The van der Waals surface area contributed by atoms with Crippen molar-refractivity contribution < 1.29 is 0 Å². The second kappa shape index (κ2) is 14.7. The fourth-order valence-corrected chi connectivity index (χ4v) is 2.35. The van der Waals surface area contributed by atoms with Crippen molar-refractivity contribution in [3.8, 4) is 12.5 Å². The normalized spacial score (nSPS) is 12.7. The summed E-state index contributed by atoms with van der Waals surface area (Å²) >= 11 is 0. The predicted octanol–water partition coefficient (Wildman–Crippen LogP) is 5.02. The summed E-state index contributed by atoms with van der Waals surface area (Å²) < 4.78 is 0. The Labute approximate surface area is 172 Å². The van der Waals surface area contributed by atoms with Crippen LogP contribution in [0.5, 0.6) is 0 Å². The molecule has 5 heteroatoms. The van der Waals surface area contributed by atoms with Crippen LogP contribution in [0, 0.1) is 17.9 Å². The zero-order chi connectivity index (χ0) is 21.4. The van der Waals surface area contributed by atoms with Gasteiger partial charge in [0.05, 0.1) is 6.67 Å². The van der Waals surface area contributed by atoms with Crippen molar-refractivity contribution in [3.63, 3.8) is 0 Å². The number of rotatable bonds is 13. The number of nitrogens with zero attached hydrogens (tertiary/aromatic N) is 3. The van der Waals surface area contributed by atoms with E-state index in [2.05, 4.69) is 86.0 Å². The summed E-state index contributed by atoms with van der Waals surface area (Å²) in [7, 11) is 0. The Morgan fingerprint density at radius 2 is 1.96 bits per heavy atom. The largest absolute Gasteiger partial charge is 0.341 e. The van der Waals surface area contributed by atoms with E-state index in [0.717, 1.165) is 37.9 Å². The van der Waals surface area contributed by atoms with E-state index < -0.39 is 0 Å². The number of terminal acetylenes is 1. The predicted molar refractivity (Wildman–Crippen MR) is 124 cm³/mol. The smallest absolute Gasteiger partial charge is 0.234 e. The monoisotopic (exact) mass is 385 g/mol. The molecule has 0 amide bonds. The Hall–Kier alpha value is -2.32. The third-order valence-corrected chi connectivity index (χ3v) is 4.61. The van der Waals surface area contributed by atoms with Crippen LogP contribution in [0.4, 0.5) is 0 Å². The molecule has 0 heterocycles. The minimum Gasteiger partial charge on any atom is -0.341 e. The molecule has 156 valence electrons. The first-order valence-electron chi connectivity index (χ1n) is 10.1. The molecule has 0 aromatic rings. The highest BCUT2D eigenvalue weighted by Crippen LogP contribution is 2.24. The Kier molecular flexibility index (Phi) is 13.5. The highest BCUT2D eigenvalue weighted by Gasteiger charge is 2.12. The number of allylic oxidation sites excluding steroid dienone is 4. The van der Waals surface area contributed by atoms with Gasteiger partial charge in [-0.05, 0) is 31.1 Å². The van der Waals surface area contributed by atoms with Gasteiger partial charge in [0.2, 0.25) is 5.96 Å². The van der Waals surface area contributed by atoms with Gasteiger partial charge in [-0.2, -0.15) is 10.1 Å². The topological polar surface area (TPSA) is 52.0 Å². The van der Waals surface area contributed by atoms with Crippen LogP contribution in [-0.2, 0) is 0 Å². The zero-order valence-electron chi connectivity index (χ0n) is 18.5. The van der Waals surface area contributed by atoms with E-state index in [9.17, 15) is 0 Å². The van der Waals surface area contributed by atoms with E-state index in [0.29, 0.717) is 18.0 Å². The van der Waals surface area contributed by atoms with Gasteiger partial charge in [-0.15, -0.1) is 0 Å². The van der Waals surface area contributed by atoms with Crippen LogP contribution >= 0.6 is 0 Å². The molecule has 0 bridgehead atoms. The molecule has 0 aliphatic rings. The van der Waals surface area contributed by atoms with Crippen molar-refractivity contribution in [2.45, 2.75) is 66.7 Å². The van der Waals surface area contributed by atoms with Crippen molar-refractivity contribution in [1.82, 2.24) is 15.6 Å². The molecule has 0 fully saturated rings.